The first-order chi connectivity index (χ1) is 25.7. The molecule has 0 spiro atoms. The molecule has 0 radical (unpaired) electrons. The van der Waals surface area contributed by atoms with E-state index in [1.807, 2.05) is 84.9 Å². The highest BCUT2D eigenvalue weighted by atomic mass is 16.3. The fraction of sp³-hybridized carbons (Fsp3) is 0. The lowest BCUT2D eigenvalue weighted by molar-refractivity contribution is 0.477. The van der Waals surface area contributed by atoms with E-state index in [4.69, 9.17) is 19.4 Å². The minimum absolute atomic E-state index is 0.139. The van der Waals surface area contributed by atoms with Gasteiger partial charge in [0.05, 0.1) is 0 Å². The maximum atomic E-state index is 11.6. The summed E-state index contributed by atoms with van der Waals surface area (Å²) < 4.78 is 6.13. The Kier molecular flexibility index (Phi) is 6.89. The third kappa shape index (κ3) is 4.98. The summed E-state index contributed by atoms with van der Waals surface area (Å²) in [5.41, 5.74) is 7.64. The Morgan fingerprint density at radius 3 is 1.88 bits per heavy atom. The van der Waals surface area contributed by atoms with Crippen LogP contribution in [0.1, 0.15) is 0 Å². The average Bonchev–Trinajstić information content (AvgIpc) is 3.59. The third-order valence-electron chi connectivity index (χ3n) is 9.84. The van der Waals surface area contributed by atoms with Gasteiger partial charge in [0.1, 0.15) is 16.9 Å². The highest BCUT2D eigenvalue weighted by Gasteiger charge is 2.21. The van der Waals surface area contributed by atoms with Crippen LogP contribution >= 0.6 is 0 Å². The molecule has 0 aliphatic heterocycles. The Morgan fingerprint density at radius 2 is 1.00 bits per heavy atom. The normalized spacial score (nSPS) is 11.5. The van der Waals surface area contributed by atoms with Gasteiger partial charge in [0.25, 0.3) is 0 Å². The highest BCUT2D eigenvalue weighted by Crippen LogP contribution is 2.44. The van der Waals surface area contributed by atoms with E-state index in [0.29, 0.717) is 28.6 Å². The zero-order valence-electron chi connectivity index (χ0n) is 27.9. The van der Waals surface area contributed by atoms with Crippen molar-refractivity contribution in [1.82, 2.24) is 15.0 Å². The average molecular weight is 668 g/mol. The van der Waals surface area contributed by atoms with Crippen LogP contribution in [0.5, 0.6) is 5.75 Å². The molecule has 0 saturated heterocycles. The van der Waals surface area contributed by atoms with Crippen molar-refractivity contribution in [2.75, 3.05) is 0 Å². The third-order valence-corrected chi connectivity index (χ3v) is 9.84. The molecule has 5 nitrogen and oxygen atoms in total. The van der Waals surface area contributed by atoms with Gasteiger partial charge in [-0.2, -0.15) is 0 Å². The molecule has 0 unspecified atom stereocenters. The largest absolute Gasteiger partial charge is 0.507 e. The molecular formula is C47H29N3O2. The molecule has 0 fully saturated rings. The zero-order valence-corrected chi connectivity index (χ0v) is 27.9. The van der Waals surface area contributed by atoms with E-state index in [-0.39, 0.29) is 5.75 Å². The summed E-state index contributed by atoms with van der Waals surface area (Å²) in [6.45, 7) is 0. The van der Waals surface area contributed by atoms with Crippen LogP contribution in [0.3, 0.4) is 0 Å². The van der Waals surface area contributed by atoms with E-state index in [1.54, 1.807) is 6.07 Å². The molecule has 0 bridgehead atoms. The van der Waals surface area contributed by atoms with E-state index in [9.17, 15) is 5.11 Å². The molecule has 2 heterocycles. The number of nitrogens with zero attached hydrogens (tertiary/aromatic N) is 3. The van der Waals surface area contributed by atoms with E-state index in [0.717, 1.165) is 55.1 Å². The highest BCUT2D eigenvalue weighted by molar-refractivity contribution is 6.09. The summed E-state index contributed by atoms with van der Waals surface area (Å²) in [4.78, 5) is 15.2. The maximum Gasteiger partial charge on any atom is 0.164 e. The molecule has 244 valence electrons. The predicted octanol–water partition coefficient (Wildman–Crippen LogP) is 12.1. The molecule has 2 aromatic heterocycles. The number of furan rings is 1. The summed E-state index contributed by atoms with van der Waals surface area (Å²) >= 11 is 0. The van der Waals surface area contributed by atoms with Crippen LogP contribution in [0.4, 0.5) is 0 Å². The van der Waals surface area contributed by atoms with Gasteiger partial charge in [-0.15, -0.1) is 0 Å². The Bertz CT molecular complexity index is 2990. The van der Waals surface area contributed by atoms with Crippen molar-refractivity contribution in [2.45, 2.75) is 0 Å². The molecule has 0 aliphatic rings. The Labute approximate surface area is 299 Å². The minimum atomic E-state index is 0.139. The predicted molar refractivity (Wildman–Crippen MR) is 211 cm³/mol. The van der Waals surface area contributed by atoms with Gasteiger partial charge in [0.15, 0.2) is 17.5 Å². The van der Waals surface area contributed by atoms with Gasteiger partial charge in [0, 0.05) is 33.0 Å². The Balaban J connectivity index is 1.17. The van der Waals surface area contributed by atoms with Crippen LogP contribution in [-0.4, -0.2) is 20.1 Å². The van der Waals surface area contributed by atoms with Crippen molar-refractivity contribution < 1.29 is 9.52 Å². The van der Waals surface area contributed by atoms with Crippen molar-refractivity contribution in [3.05, 3.63) is 170 Å². The van der Waals surface area contributed by atoms with E-state index >= 15 is 0 Å². The molecule has 10 rings (SSSR count). The fourth-order valence-corrected chi connectivity index (χ4v) is 7.35. The summed E-state index contributed by atoms with van der Waals surface area (Å²) in [5, 5.41) is 18.4. The summed E-state index contributed by atoms with van der Waals surface area (Å²) in [6.07, 6.45) is 0. The quantitative estimate of drug-likeness (QED) is 0.185. The molecule has 52 heavy (non-hydrogen) atoms. The van der Waals surface area contributed by atoms with E-state index < -0.39 is 0 Å². The van der Waals surface area contributed by atoms with Crippen molar-refractivity contribution in [2.24, 2.45) is 0 Å². The van der Waals surface area contributed by atoms with Crippen molar-refractivity contribution in [3.63, 3.8) is 0 Å². The number of phenols is 1. The van der Waals surface area contributed by atoms with Gasteiger partial charge >= 0.3 is 0 Å². The number of para-hydroxylation sites is 1. The molecule has 8 aromatic carbocycles. The van der Waals surface area contributed by atoms with Crippen molar-refractivity contribution in [1.29, 1.82) is 0 Å². The summed E-state index contributed by atoms with van der Waals surface area (Å²) in [7, 11) is 0. The first kappa shape index (κ1) is 29.8. The number of phenolic OH excluding ortho intramolecular Hbond substituents is 1. The molecule has 0 saturated carbocycles. The van der Waals surface area contributed by atoms with Gasteiger partial charge in [0.2, 0.25) is 0 Å². The Hall–Kier alpha value is -7.11. The van der Waals surface area contributed by atoms with Gasteiger partial charge < -0.3 is 9.52 Å². The lowest BCUT2D eigenvalue weighted by atomic mass is 9.90. The number of hydrogen-bond acceptors (Lipinski definition) is 5. The first-order valence-corrected chi connectivity index (χ1v) is 17.2. The zero-order chi connectivity index (χ0) is 34.6. The van der Waals surface area contributed by atoms with Crippen molar-refractivity contribution >= 4 is 43.5 Å². The smallest absolute Gasteiger partial charge is 0.164 e. The SMILES string of the molecule is Oc1cccc(-c2nc(-c3ccccc3)nc(-c3ccc4c(ccc5ccccc54)c3)n2)c1-c1ccccc1-c1ccc2oc3ccccc3c2c1. The summed E-state index contributed by atoms with van der Waals surface area (Å²) in [6, 6.07) is 57.1. The number of aromatic hydroxyl groups is 1. The standard InChI is InChI=1S/C47H29N3O2/c51-41-19-10-18-39(44(41)38-17-7-6-15-35(38)32-24-26-43-40(28-32)37-16-8-9-20-42(37)52-43)47-49-45(30-12-2-1-3-13-30)48-46(50-47)33-23-25-36-31(27-33)22-21-29-11-4-5-14-34(29)36/h1-28,51H. The maximum absolute atomic E-state index is 11.6. The minimum Gasteiger partial charge on any atom is -0.507 e. The molecular weight excluding hydrogens is 639 g/mol. The van der Waals surface area contributed by atoms with Gasteiger partial charge in [-0.25, -0.2) is 15.0 Å². The molecule has 1 N–H and O–H groups in total. The Morgan fingerprint density at radius 1 is 0.365 bits per heavy atom. The van der Waals surface area contributed by atoms with Crippen molar-refractivity contribution in [3.8, 4) is 62.2 Å². The second-order valence-corrected chi connectivity index (χ2v) is 12.9. The van der Waals surface area contributed by atoms with Crippen LogP contribution in [0.2, 0.25) is 0 Å². The van der Waals surface area contributed by atoms with E-state index in [2.05, 4.69) is 78.9 Å². The molecule has 10 aromatic rings. The lowest BCUT2D eigenvalue weighted by Crippen LogP contribution is -2.01. The molecule has 0 amide bonds. The number of aromatic nitrogens is 3. The fourth-order valence-electron chi connectivity index (χ4n) is 7.35. The van der Waals surface area contributed by atoms with Crippen LogP contribution < -0.4 is 0 Å². The van der Waals surface area contributed by atoms with Gasteiger partial charge in [-0.05, 0) is 68.6 Å². The van der Waals surface area contributed by atoms with Gasteiger partial charge in [-0.3, -0.25) is 0 Å². The summed E-state index contributed by atoms with van der Waals surface area (Å²) in [5.74, 6) is 1.72. The van der Waals surface area contributed by atoms with Crippen LogP contribution in [0, 0.1) is 0 Å². The second kappa shape index (κ2) is 12.0. The first-order valence-electron chi connectivity index (χ1n) is 17.2. The monoisotopic (exact) mass is 667 g/mol. The van der Waals surface area contributed by atoms with Crippen LogP contribution in [0.15, 0.2) is 174 Å². The number of rotatable bonds is 5. The van der Waals surface area contributed by atoms with Crippen LogP contribution in [-0.2, 0) is 0 Å². The number of hydrogen-bond donors (Lipinski definition) is 1. The van der Waals surface area contributed by atoms with Gasteiger partial charge in [-0.1, -0.05) is 140 Å². The lowest BCUT2D eigenvalue weighted by Gasteiger charge is -2.16. The molecule has 5 heteroatoms. The molecule has 0 atom stereocenters. The van der Waals surface area contributed by atoms with Crippen LogP contribution in [0.25, 0.3) is 99.9 Å². The number of fused-ring (bicyclic) bond motifs is 6. The topological polar surface area (TPSA) is 72.0 Å². The molecule has 0 aliphatic carbocycles. The second-order valence-electron chi connectivity index (χ2n) is 12.9. The number of benzene rings is 8. The van der Waals surface area contributed by atoms with E-state index in [1.165, 1.54) is 16.2 Å².